The predicted molar refractivity (Wildman–Crippen MR) is 93.9 cm³/mol. The number of urea groups is 1. The average Bonchev–Trinajstić information content (AvgIpc) is 2.56. The molecule has 126 valence electrons. The molecule has 0 aromatic heterocycles. The van der Waals surface area contributed by atoms with Gasteiger partial charge in [-0.2, -0.15) is 0 Å². The smallest absolute Gasteiger partial charge is 0.319 e. The first-order chi connectivity index (χ1) is 11.6. The maximum atomic E-state index is 11.9. The fraction of sp³-hybridized carbons (Fsp3) is 0.263. The first-order valence-electron chi connectivity index (χ1n) is 7.94. The first-order valence-corrected chi connectivity index (χ1v) is 7.94. The average molecular weight is 326 g/mol. The van der Waals surface area contributed by atoms with E-state index in [0.717, 1.165) is 12.0 Å². The van der Waals surface area contributed by atoms with Crippen molar-refractivity contribution >= 4 is 17.7 Å². The summed E-state index contributed by atoms with van der Waals surface area (Å²) in [5.74, 6) is -0.290. The van der Waals surface area contributed by atoms with Crippen LogP contribution in [0.5, 0.6) is 0 Å². The minimum absolute atomic E-state index is 0.233. The first kappa shape index (κ1) is 17.5. The molecule has 5 heteroatoms. The van der Waals surface area contributed by atoms with E-state index in [1.54, 1.807) is 0 Å². The number of rotatable bonds is 7. The number of hydrogen-bond donors (Lipinski definition) is 2. The van der Waals surface area contributed by atoms with Gasteiger partial charge in [0.15, 0.2) is 0 Å². The molecule has 5 nitrogen and oxygen atoms in total. The summed E-state index contributed by atoms with van der Waals surface area (Å²) in [6, 6.07) is 17.3. The van der Waals surface area contributed by atoms with Gasteiger partial charge in [-0.1, -0.05) is 42.5 Å². The van der Waals surface area contributed by atoms with E-state index in [1.807, 2.05) is 54.6 Å². The third kappa shape index (κ3) is 6.52. The van der Waals surface area contributed by atoms with Crippen LogP contribution in [0.3, 0.4) is 0 Å². The van der Waals surface area contributed by atoms with Crippen molar-refractivity contribution in [3.63, 3.8) is 0 Å². The molecule has 0 bridgehead atoms. The lowest BCUT2D eigenvalue weighted by molar-refractivity contribution is -0.140. The van der Waals surface area contributed by atoms with Crippen molar-refractivity contribution in [2.45, 2.75) is 19.8 Å². The molecule has 0 aliphatic rings. The normalized spacial score (nSPS) is 10.0. The van der Waals surface area contributed by atoms with Crippen LogP contribution in [-0.4, -0.2) is 25.2 Å². The summed E-state index contributed by atoms with van der Waals surface area (Å²) in [5.41, 5.74) is 2.90. The number of hydrogen-bond acceptors (Lipinski definition) is 3. The maximum absolute atomic E-state index is 11.9. The fourth-order valence-corrected chi connectivity index (χ4v) is 2.26. The van der Waals surface area contributed by atoms with Gasteiger partial charge < -0.3 is 15.4 Å². The van der Waals surface area contributed by atoms with Gasteiger partial charge in [-0.15, -0.1) is 0 Å². The van der Waals surface area contributed by atoms with Crippen LogP contribution in [0.2, 0.25) is 0 Å². The number of nitrogens with one attached hydrogen (secondary N) is 2. The Kier molecular flexibility index (Phi) is 6.83. The van der Waals surface area contributed by atoms with Crippen LogP contribution in [0.25, 0.3) is 0 Å². The summed E-state index contributed by atoms with van der Waals surface area (Å²) >= 11 is 0. The molecule has 2 rings (SSSR count). The number of carbonyl (C=O) groups is 2. The number of amides is 2. The quantitative estimate of drug-likeness (QED) is 0.768. The number of anilines is 1. The van der Waals surface area contributed by atoms with E-state index in [2.05, 4.69) is 10.6 Å². The standard InChI is InChI=1S/C19H22N2O3/c1-15(22)24-13-11-17-8-5-9-18(14-17)21-19(23)20-12-10-16-6-3-2-4-7-16/h2-9,14H,10-13H2,1H3,(H2,20,21,23). The molecule has 2 aromatic carbocycles. The Labute approximate surface area is 142 Å². The second-order valence-corrected chi connectivity index (χ2v) is 5.41. The molecule has 0 atom stereocenters. The Morgan fingerprint density at radius 1 is 0.958 bits per heavy atom. The van der Waals surface area contributed by atoms with Gasteiger partial charge in [0.05, 0.1) is 6.61 Å². The monoisotopic (exact) mass is 326 g/mol. The summed E-state index contributed by atoms with van der Waals surface area (Å²) in [6.07, 6.45) is 1.40. The van der Waals surface area contributed by atoms with E-state index in [0.29, 0.717) is 25.3 Å². The molecule has 24 heavy (non-hydrogen) atoms. The maximum Gasteiger partial charge on any atom is 0.319 e. The highest BCUT2D eigenvalue weighted by Gasteiger charge is 2.03. The molecule has 0 fully saturated rings. The summed E-state index contributed by atoms with van der Waals surface area (Å²) in [7, 11) is 0. The van der Waals surface area contributed by atoms with Crippen LogP contribution in [0.1, 0.15) is 18.1 Å². The summed E-state index contributed by atoms with van der Waals surface area (Å²) < 4.78 is 4.92. The topological polar surface area (TPSA) is 67.4 Å². The van der Waals surface area contributed by atoms with E-state index in [9.17, 15) is 9.59 Å². The molecule has 0 saturated carbocycles. The number of ether oxygens (including phenoxy) is 1. The number of esters is 1. The van der Waals surface area contributed by atoms with Crippen molar-refractivity contribution in [1.29, 1.82) is 0 Å². The molecule has 2 aromatic rings. The van der Waals surface area contributed by atoms with Gasteiger partial charge >= 0.3 is 12.0 Å². The SMILES string of the molecule is CC(=O)OCCc1cccc(NC(=O)NCCc2ccccc2)c1. The van der Waals surface area contributed by atoms with E-state index in [4.69, 9.17) is 4.74 Å². The van der Waals surface area contributed by atoms with Gasteiger partial charge in [0.1, 0.15) is 0 Å². The number of benzene rings is 2. The Morgan fingerprint density at radius 3 is 2.46 bits per heavy atom. The largest absolute Gasteiger partial charge is 0.466 e. The zero-order valence-corrected chi connectivity index (χ0v) is 13.7. The predicted octanol–water partition coefficient (Wildman–Crippen LogP) is 3.16. The van der Waals surface area contributed by atoms with Crippen molar-refractivity contribution in [2.24, 2.45) is 0 Å². The molecule has 2 N–H and O–H groups in total. The van der Waals surface area contributed by atoms with Crippen LogP contribution in [0.15, 0.2) is 54.6 Å². The molecular formula is C19H22N2O3. The lowest BCUT2D eigenvalue weighted by Gasteiger charge is -2.09. The van der Waals surface area contributed by atoms with Crippen LogP contribution in [0.4, 0.5) is 10.5 Å². The minimum Gasteiger partial charge on any atom is -0.466 e. The third-order valence-electron chi connectivity index (χ3n) is 3.42. The van der Waals surface area contributed by atoms with E-state index in [-0.39, 0.29) is 12.0 Å². The van der Waals surface area contributed by atoms with Gasteiger partial charge in [0.2, 0.25) is 0 Å². The van der Waals surface area contributed by atoms with Crippen molar-refractivity contribution in [2.75, 3.05) is 18.5 Å². The fourth-order valence-electron chi connectivity index (χ4n) is 2.26. The number of carbonyl (C=O) groups excluding carboxylic acids is 2. The summed E-state index contributed by atoms with van der Waals surface area (Å²) in [6.45, 7) is 2.29. The summed E-state index contributed by atoms with van der Waals surface area (Å²) in [5, 5.41) is 5.65. The van der Waals surface area contributed by atoms with Crippen LogP contribution in [0, 0.1) is 0 Å². The van der Waals surface area contributed by atoms with Gasteiger partial charge in [-0.25, -0.2) is 4.79 Å². The van der Waals surface area contributed by atoms with Crippen LogP contribution >= 0.6 is 0 Å². The van der Waals surface area contributed by atoms with Crippen molar-refractivity contribution < 1.29 is 14.3 Å². The molecule has 0 aliphatic carbocycles. The van der Waals surface area contributed by atoms with E-state index >= 15 is 0 Å². The molecule has 2 amide bonds. The molecular weight excluding hydrogens is 304 g/mol. The molecule has 0 spiro atoms. The van der Waals surface area contributed by atoms with Crippen LogP contribution < -0.4 is 10.6 Å². The molecule has 0 radical (unpaired) electrons. The second kappa shape index (κ2) is 9.35. The lowest BCUT2D eigenvalue weighted by atomic mass is 10.1. The molecule has 0 heterocycles. The Morgan fingerprint density at radius 2 is 1.71 bits per heavy atom. The Bertz CT molecular complexity index is 671. The van der Waals surface area contributed by atoms with E-state index in [1.165, 1.54) is 12.5 Å². The highest BCUT2D eigenvalue weighted by Crippen LogP contribution is 2.11. The molecule has 0 unspecified atom stereocenters. The highest BCUT2D eigenvalue weighted by molar-refractivity contribution is 5.89. The third-order valence-corrected chi connectivity index (χ3v) is 3.42. The van der Waals surface area contributed by atoms with Gasteiger partial charge in [0.25, 0.3) is 0 Å². The summed E-state index contributed by atoms with van der Waals surface area (Å²) in [4.78, 5) is 22.7. The van der Waals surface area contributed by atoms with E-state index < -0.39 is 0 Å². The Hall–Kier alpha value is -2.82. The van der Waals surface area contributed by atoms with Crippen molar-refractivity contribution in [3.05, 3.63) is 65.7 Å². The lowest BCUT2D eigenvalue weighted by Crippen LogP contribution is -2.30. The van der Waals surface area contributed by atoms with Gasteiger partial charge in [0, 0.05) is 25.6 Å². The Balaban J connectivity index is 1.75. The van der Waals surface area contributed by atoms with Crippen molar-refractivity contribution in [3.8, 4) is 0 Å². The molecule has 0 aliphatic heterocycles. The van der Waals surface area contributed by atoms with Crippen molar-refractivity contribution in [1.82, 2.24) is 5.32 Å². The van der Waals surface area contributed by atoms with Crippen LogP contribution in [-0.2, 0) is 22.4 Å². The van der Waals surface area contributed by atoms with Gasteiger partial charge in [-0.3, -0.25) is 4.79 Å². The molecule has 0 saturated heterocycles. The zero-order valence-electron chi connectivity index (χ0n) is 13.7. The zero-order chi connectivity index (χ0) is 17.2. The highest BCUT2D eigenvalue weighted by atomic mass is 16.5. The second-order valence-electron chi connectivity index (χ2n) is 5.41. The van der Waals surface area contributed by atoms with Gasteiger partial charge in [-0.05, 0) is 29.7 Å². The minimum atomic E-state index is -0.290.